The number of nitrogens with one attached hydrogen (secondary N) is 1. The lowest BCUT2D eigenvalue weighted by molar-refractivity contribution is 0.311. The van der Waals surface area contributed by atoms with E-state index in [1.165, 1.54) is 5.69 Å². The number of phenols is 1. The number of aromatic nitrogens is 2. The van der Waals surface area contributed by atoms with E-state index >= 15 is 0 Å². The number of hydrogen-bond acceptors (Lipinski definition) is 4. The molecule has 1 aromatic heterocycles. The summed E-state index contributed by atoms with van der Waals surface area (Å²) < 4.78 is 7.45. The highest BCUT2D eigenvalue weighted by atomic mass is 16.5. The Bertz CT molecular complexity index is 580. The molecule has 19 heavy (non-hydrogen) atoms. The fourth-order valence-corrected chi connectivity index (χ4v) is 2.39. The molecule has 3 rings (SSSR count). The monoisotopic (exact) mass is 259 g/mol. The van der Waals surface area contributed by atoms with E-state index in [4.69, 9.17) is 4.74 Å². The highest BCUT2D eigenvalue weighted by Gasteiger charge is 2.23. The maximum absolute atomic E-state index is 9.40. The third-order valence-electron chi connectivity index (χ3n) is 3.47. The summed E-state index contributed by atoms with van der Waals surface area (Å²) in [6.07, 6.45) is 2.74. The van der Waals surface area contributed by atoms with Crippen LogP contribution in [0, 0.1) is 0 Å². The SMILES string of the molecule is Cn1nccc1CCNC1COc2cc(O)ccc21. The largest absolute Gasteiger partial charge is 0.508 e. The summed E-state index contributed by atoms with van der Waals surface area (Å²) in [6, 6.07) is 7.50. The van der Waals surface area contributed by atoms with Gasteiger partial charge in [-0.3, -0.25) is 4.68 Å². The van der Waals surface area contributed by atoms with Crippen LogP contribution in [0.2, 0.25) is 0 Å². The van der Waals surface area contributed by atoms with Crippen LogP contribution < -0.4 is 10.1 Å². The van der Waals surface area contributed by atoms with Gasteiger partial charge in [0, 0.05) is 43.5 Å². The first kappa shape index (κ1) is 12.0. The second-order valence-electron chi connectivity index (χ2n) is 4.74. The molecule has 1 atom stereocenters. The number of rotatable bonds is 4. The lowest BCUT2D eigenvalue weighted by Crippen LogP contribution is -2.25. The standard InChI is InChI=1S/C14H17N3O2/c1-17-10(5-7-16-17)4-6-15-13-9-19-14-8-11(18)2-3-12(13)14/h2-3,5,7-8,13,15,18H,4,6,9H2,1H3. The Kier molecular flexibility index (Phi) is 3.13. The molecule has 1 aliphatic rings. The van der Waals surface area contributed by atoms with Gasteiger partial charge in [-0.05, 0) is 18.2 Å². The molecule has 0 saturated heterocycles. The number of fused-ring (bicyclic) bond motifs is 1. The molecule has 2 N–H and O–H groups in total. The van der Waals surface area contributed by atoms with E-state index < -0.39 is 0 Å². The van der Waals surface area contributed by atoms with Crippen molar-refractivity contribution in [3.05, 3.63) is 41.7 Å². The molecule has 5 nitrogen and oxygen atoms in total. The summed E-state index contributed by atoms with van der Waals surface area (Å²) in [6.45, 7) is 1.48. The molecule has 0 bridgehead atoms. The van der Waals surface area contributed by atoms with E-state index in [1.54, 1.807) is 12.1 Å². The summed E-state index contributed by atoms with van der Waals surface area (Å²) in [5.74, 6) is 1.02. The smallest absolute Gasteiger partial charge is 0.127 e. The molecule has 5 heteroatoms. The van der Waals surface area contributed by atoms with Crippen molar-refractivity contribution in [1.29, 1.82) is 0 Å². The Hall–Kier alpha value is -2.01. The van der Waals surface area contributed by atoms with Gasteiger partial charge in [0.15, 0.2) is 0 Å². The Morgan fingerprint density at radius 2 is 2.37 bits per heavy atom. The van der Waals surface area contributed by atoms with Crippen LogP contribution in [0.3, 0.4) is 0 Å². The molecule has 0 radical (unpaired) electrons. The molecule has 100 valence electrons. The van der Waals surface area contributed by atoms with E-state index in [9.17, 15) is 5.11 Å². The van der Waals surface area contributed by atoms with Gasteiger partial charge >= 0.3 is 0 Å². The zero-order valence-corrected chi connectivity index (χ0v) is 10.8. The zero-order valence-electron chi connectivity index (χ0n) is 10.8. The average Bonchev–Trinajstić information content (AvgIpc) is 2.97. The van der Waals surface area contributed by atoms with Crippen molar-refractivity contribution in [1.82, 2.24) is 15.1 Å². The number of ether oxygens (including phenoxy) is 1. The van der Waals surface area contributed by atoms with Gasteiger partial charge in [-0.2, -0.15) is 5.10 Å². The minimum absolute atomic E-state index is 0.198. The predicted octanol–water partition coefficient (Wildman–Crippen LogP) is 1.39. The molecule has 2 heterocycles. The van der Waals surface area contributed by atoms with Crippen molar-refractivity contribution in [2.75, 3.05) is 13.2 Å². The van der Waals surface area contributed by atoms with Crippen LogP contribution in [-0.2, 0) is 13.5 Å². The lowest BCUT2D eigenvalue weighted by Gasteiger charge is -2.11. The minimum atomic E-state index is 0.198. The number of aromatic hydroxyl groups is 1. The first-order valence-electron chi connectivity index (χ1n) is 6.40. The van der Waals surface area contributed by atoms with Gasteiger partial charge in [0.2, 0.25) is 0 Å². The predicted molar refractivity (Wildman–Crippen MR) is 71.3 cm³/mol. The average molecular weight is 259 g/mol. The number of hydrogen-bond donors (Lipinski definition) is 2. The van der Waals surface area contributed by atoms with Crippen molar-refractivity contribution < 1.29 is 9.84 Å². The lowest BCUT2D eigenvalue weighted by atomic mass is 10.1. The molecular weight excluding hydrogens is 242 g/mol. The fraction of sp³-hybridized carbons (Fsp3) is 0.357. The summed E-state index contributed by atoms with van der Waals surface area (Å²) in [5, 5.41) is 17.0. The van der Waals surface area contributed by atoms with Gasteiger partial charge in [0.25, 0.3) is 0 Å². The van der Waals surface area contributed by atoms with Gasteiger partial charge < -0.3 is 15.2 Å². The van der Waals surface area contributed by atoms with Crippen LogP contribution in [0.15, 0.2) is 30.5 Å². The van der Waals surface area contributed by atoms with Crippen LogP contribution in [0.1, 0.15) is 17.3 Å². The first-order chi connectivity index (χ1) is 9.24. The third kappa shape index (κ3) is 2.42. The van der Waals surface area contributed by atoms with E-state index in [0.717, 1.165) is 24.3 Å². The van der Waals surface area contributed by atoms with E-state index in [2.05, 4.69) is 10.4 Å². The summed E-state index contributed by atoms with van der Waals surface area (Å²) in [7, 11) is 1.95. The Balaban J connectivity index is 1.60. The van der Waals surface area contributed by atoms with Crippen molar-refractivity contribution >= 4 is 0 Å². The maximum Gasteiger partial charge on any atom is 0.127 e. The van der Waals surface area contributed by atoms with E-state index in [1.807, 2.05) is 30.1 Å². The molecule has 1 unspecified atom stereocenters. The molecule has 0 spiro atoms. The summed E-state index contributed by atoms with van der Waals surface area (Å²) in [5.41, 5.74) is 2.32. The molecular formula is C14H17N3O2. The Labute approximate surface area is 111 Å². The zero-order chi connectivity index (χ0) is 13.2. The van der Waals surface area contributed by atoms with Crippen LogP contribution in [0.4, 0.5) is 0 Å². The van der Waals surface area contributed by atoms with Crippen LogP contribution in [0.5, 0.6) is 11.5 Å². The number of benzene rings is 1. The summed E-state index contributed by atoms with van der Waals surface area (Å²) in [4.78, 5) is 0. The second kappa shape index (κ2) is 4.93. The molecule has 0 aliphatic carbocycles. The molecule has 1 aliphatic heterocycles. The van der Waals surface area contributed by atoms with Gasteiger partial charge in [-0.1, -0.05) is 0 Å². The van der Waals surface area contributed by atoms with Crippen molar-refractivity contribution in [3.63, 3.8) is 0 Å². The van der Waals surface area contributed by atoms with Crippen molar-refractivity contribution in [2.45, 2.75) is 12.5 Å². The normalized spacial score (nSPS) is 17.2. The molecule has 0 saturated carbocycles. The minimum Gasteiger partial charge on any atom is -0.508 e. The maximum atomic E-state index is 9.40. The quantitative estimate of drug-likeness (QED) is 0.871. The second-order valence-corrected chi connectivity index (χ2v) is 4.74. The number of aryl methyl sites for hydroxylation is 1. The third-order valence-corrected chi connectivity index (χ3v) is 3.47. The highest BCUT2D eigenvalue weighted by Crippen LogP contribution is 2.34. The molecule has 0 fully saturated rings. The number of phenolic OH excluding ortho intramolecular Hbond substituents is 1. The Morgan fingerprint density at radius 3 is 3.16 bits per heavy atom. The van der Waals surface area contributed by atoms with Gasteiger partial charge in [0.1, 0.15) is 18.1 Å². The topological polar surface area (TPSA) is 59.3 Å². The van der Waals surface area contributed by atoms with Crippen molar-refractivity contribution in [2.24, 2.45) is 7.05 Å². The Morgan fingerprint density at radius 1 is 1.47 bits per heavy atom. The first-order valence-corrected chi connectivity index (χ1v) is 6.40. The van der Waals surface area contributed by atoms with E-state index in [-0.39, 0.29) is 11.8 Å². The van der Waals surface area contributed by atoms with E-state index in [0.29, 0.717) is 6.61 Å². The van der Waals surface area contributed by atoms with Crippen molar-refractivity contribution in [3.8, 4) is 11.5 Å². The fourth-order valence-electron chi connectivity index (χ4n) is 2.39. The van der Waals surface area contributed by atoms with Gasteiger partial charge in [-0.25, -0.2) is 0 Å². The van der Waals surface area contributed by atoms with Gasteiger partial charge in [0.05, 0.1) is 6.04 Å². The number of nitrogens with zero attached hydrogens (tertiary/aromatic N) is 2. The molecule has 2 aromatic rings. The molecule has 0 amide bonds. The van der Waals surface area contributed by atoms with Crippen LogP contribution in [-0.4, -0.2) is 28.0 Å². The van der Waals surface area contributed by atoms with Crippen LogP contribution >= 0.6 is 0 Å². The summed E-state index contributed by atoms with van der Waals surface area (Å²) >= 11 is 0. The van der Waals surface area contributed by atoms with Gasteiger partial charge in [-0.15, -0.1) is 0 Å². The van der Waals surface area contributed by atoms with Crippen LogP contribution in [0.25, 0.3) is 0 Å². The molecule has 1 aromatic carbocycles. The highest BCUT2D eigenvalue weighted by molar-refractivity contribution is 5.44.